The second-order valence-electron chi connectivity index (χ2n) is 6.25. The molecule has 1 aromatic heterocycles. The van der Waals surface area contributed by atoms with Crippen LogP contribution in [0.5, 0.6) is 0 Å². The zero-order chi connectivity index (χ0) is 16.8. The molecule has 0 unspecified atom stereocenters. The highest BCUT2D eigenvalue weighted by Crippen LogP contribution is 2.23. The van der Waals surface area contributed by atoms with Crippen LogP contribution in [0.25, 0.3) is 0 Å². The van der Waals surface area contributed by atoms with Crippen molar-refractivity contribution in [1.82, 2.24) is 15.0 Å². The van der Waals surface area contributed by atoms with Crippen LogP contribution in [0, 0.1) is 0 Å². The summed E-state index contributed by atoms with van der Waals surface area (Å²) in [5, 5.41) is 4.02. The van der Waals surface area contributed by atoms with Crippen LogP contribution in [0.2, 0.25) is 0 Å². The van der Waals surface area contributed by atoms with Gasteiger partial charge in [-0.25, -0.2) is 0 Å². The molecule has 6 nitrogen and oxygen atoms in total. The summed E-state index contributed by atoms with van der Waals surface area (Å²) in [6.07, 6.45) is 1.90. The number of anilines is 1. The third-order valence-electron chi connectivity index (χ3n) is 4.17. The van der Waals surface area contributed by atoms with Gasteiger partial charge in [-0.15, -0.1) is 0 Å². The summed E-state index contributed by atoms with van der Waals surface area (Å²) >= 11 is 0. The van der Waals surface area contributed by atoms with Gasteiger partial charge in [-0.05, 0) is 25.1 Å². The lowest BCUT2D eigenvalue weighted by Gasteiger charge is -2.31. The molecule has 0 radical (unpaired) electrons. The molecule has 3 rings (SSSR count). The minimum Gasteiger partial charge on any atom is -0.378 e. The van der Waals surface area contributed by atoms with Crippen LogP contribution in [0.15, 0.2) is 28.8 Å². The molecule has 0 aliphatic carbocycles. The van der Waals surface area contributed by atoms with E-state index in [1.807, 2.05) is 0 Å². The van der Waals surface area contributed by atoms with E-state index in [1.165, 1.54) is 11.3 Å². The molecule has 1 fully saturated rings. The van der Waals surface area contributed by atoms with Gasteiger partial charge < -0.3 is 14.2 Å². The molecular formula is C18H26N4O2. The van der Waals surface area contributed by atoms with Crippen molar-refractivity contribution in [1.29, 1.82) is 0 Å². The topological polar surface area (TPSA) is 54.6 Å². The molecule has 130 valence electrons. The highest BCUT2D eigenvalue weighted by atomic mass is 16.5. The summed E-state index contributed by atoms with van der Waals surface area (Å²) in [4.78, 5) is 9.06. The van der Waals surface area contributed by atoms with E-state index >= 15 is 0 Å². The van der Waals surface area contributed by atoms with Gasteiger partial charge in [-0.1, -0.05) is 30.3 Å². The molecule has 1 aliphatic heterocycles. The first kappa shape index (κ1) is 16.9. The number of para-hydroxylation sites is 1. The van der Waals surface area contributed by atoms with E-state index in [2.05, 4.69) is 58.2 Å². The molecule has 1 aromatic carbocycles. The molecule has 1 saturated heterocycles. The lowest BCUT2D eigenvalue weighted by atomic mass is 10.1. The standard InChI is InChI=1S/C18H26N4O2/c1-3-6-17-19-18(24-20-17)14-21(2)13-15-7-4-5-8-16(15)22-9-11-23-12-10-22/h4-5,7-8H,3,6,9-14H2,1-2H3. The van der Waals surface area contributed by atoms with Crippen molar-refractivity contribution >= 4 is 5.69 Å². The number of hydrogen-bond donors (Lipinski definition) is 0. The number of nitrogens with zero attached hydrogens (tertiary/aromatic N) is 4. The molecule has 0 saturated carbocycles. The predicted molar refractivity (Wildman–Crippen MR) is 92.9 cm³/mol. The largest absolute Gasteiger partial charge is 0.378 e. The fraction of sp³-hybridized carbons (Fsp3) is 0.556. The Hall–Kier alpha value is -1.92. The summed E-state index contributed by atoms with van der Waals surface area (Å²) in [6.45, 7) is 7.12. The smallest absolute Gasteiger partial charge is 0.240 e. The van der Waals surface area contributed by atoms with Gasteiger partial charge in [0.15, 0.2) is 5.82 Å². The number of morpholine rings is 1. The molecule has 24 heavy (non-hydrogen) atoms. The third kappa shape index (κ3) is 4.33. The summed E-state index contributed by atoms with van der Waals surface area (Å²) in [7, 11) is 2.08. The molecule has 1 aliphatic rings. The Kier molecular flexibility index (Phi) is 5.82. The lowest BCUT2D eigenvalue weighted by molar-refractivity contribution is 0.122. The van der Waals surface area contributed by atoms with Crippen LogP contribution >= 0.6 is 0 Å². The average molecular weight is 330 g/mol. The van der Waals surface area contributed by atoms with Crippen molar-refractivity contribution < 1.29 is 9.26 Å². The van der Waals surface area contributed by atoms with E-state index in [-0.39, 0.29) is 0 Å². The minimum atomic E-state index is 0.661. The maximum absolute atomic E-state index is 5.46. The van der Waals surface area contributed by atoms with Crippen molar-refractivity contribution in [2.75, 3.05) is 38.3 Å². The Balaban J connectivity index is 1.64. The Morgan fingerprint density at radius 1 is 1.17 bits per heavy atom. The van der Waals surface area contributed by atoms with Crippen LogP contribution in [0.3, 0.4) is 0 Å². The van der Waals surface area contributed by atoms with E-state index in [1.54, 1.807) is 0 Å². The second-order valence-corrected chi connectivity index (χ2v) is 6.25. The molecule has 0 atom stereocenters. The van der Waals surface area contributed by atoms with Crippen LogP contribution in [-0.4, -0.2) is 48.4 Å². The summed E-state index contributed by atoms with van der Waals surface area (Å²) in [6, 6.07) is 8.58. The Morgan fingerprint density at radius 3 is 2.75 bits per heavy atom. The third-order valence-corrected chi connectivity index (χ3v) is 4.17. The number of hydrogen-bond acceptors (Lipinski definition) is 6. The van der Waals surface area contributed by atoms with E-state index in [0.717, 1.165) is 51.5 Å². The highest BCUT2D eigenvalue weighted by Gasteiger charge is 2.16. The van der Waals surface area contributed by atoms with Crippen LogP contribution in [0.4, 0.5) is 5.69 Å². The van der Waals surface area contributed by atoms with Crippen molar-refractivity contribution in [2.45, 2.75) is 32.9 Å². The first-order chi connectivity index (χ1) is 11.8. The molecule has 0 spiro atoms. The van der Waals surface area contributed by atoms with E-state index in [0.29, 0.717) is 12.4 Å². The fourth-order valence-corrected chi connectivity index (χ4v) is 3.01. The van der Waals surface area contributed by atoms with Crippen LogP contribution in [0.1, 0.15) is 30.6 Å². The molecule has 0 bridgehead atoms. The van der Waals surface area contributed by atoms with Gasteiger partial charge in [0.25, 0.3) is 0 Å². The molecule has 0 amide bonds. The molecular weight excluding hydrogens is 304 g/mol. The van der Waals surface area contributed by atoms with Crippen LogP contribution < -0.4 is 4.90 Å². The van der Waals surface area contributed by atoms with Crippen molar-refractivity contribution in [3.8, 4) is 0 Å². The van der Waals surface area contributed by atoms with Crippen molar-refractivity contribution in [2.24, 2.45) is 0 Å². The normalized spacial score (nSPS) is 15.2. The predicted octanol–water partition coefficient (Wildman–Crippen LogP) is 2.49. The first-order valence-corrected chi connectivity index (χ1v) is 8.67. The fourth-order valence-electron chi connectivity index (χ4n) is 3.01. The van der Waals surface area contributed by atoms with E-state index in [9.17, 15) is 0 Å². The number of rotatable bonds is 7. The zero-order valence-corrected chi connectivity index (χ0v) is 14.6. The maximum Gasteiger partial charge on any atom is 0.240 e. The van der Waals surface area contributed by atoms with Crippen molar-refractivity contribution in [3.05, 3.63) is 41.5 Å². The second kappa shape index (κ2) is 8.26. The molecule has 2 aromatic rings. The van der Waals surface area contributed by atoms with Gasteiger partial charge in [0.05, 0.1) is 19.8 Å². The van der Waals surface area contributed by atoms with Gasteiger partial charge in [-0.3, -0.25) is 4.90 Å². The zero-order valence-electron chi connectivity index (χ0n) is 14.6. The average Bonchev–Trinajstić information content (AvgIpc) is 3.03. The molecule has 0 N–H and O–H groups in total. The Bertz CT molecular complexity index is 637. The SMILES string of the molecule is CCCc1noc(CN(C)Cc2ccccc2N2CCOCC2)n1. The van der Waals surface area contributed by atoms with Gasteiger partial charge >= 0.3 is 0 Å². The number of aromatic nitrogens is 2. The van der Waals surface area contributed by atoms with Gasteiger partial charge in [0, 0.05) is 31.7 Å². The number of aryl methyl sites for hydroxylation is 1. The molecule has 6 heteroatoms. The summed E-state index contributed by atoms with van der Waals surface area (Å²) < 4.78 is 10.8. The Labute approximate surface area is 143 Å². The van der Waals surface area contributed by atoms with Gasteiger partial charge in [-0.2, -0.15) is 4.98 Å². The highest BCUT2D eigenvalue weighted by molar-refractivity contribution is 5.53. The first-order valence-electron chi connectivity index (χ1n) is 8.67. The van der Waals surface area contributed by atoms with Crippen LogP contribution in [-0.2, 0) is 24.2 Å². The van der Waals surface area contributed by atoms with Gasteiger partial charge in [0.2, 0.25) is 5.89 Å². The van der Waals surface area contributed by atoms with E-state index < -0.39 is 0 Å². The van der Waals surface area contributed by atoms with Crippen molar-refractivity contribution in [3.63, 3.8) is 0 Å². The minimum absolute atomic E-state index is 0.661. The lowest BCUT2D eigenvalue weighted by Crippen LogP contribution is -2.37. The number of benzene rings is 1. The molecule has 2 heterocycles. The summed E-state index contributed by atoms with van der Waals surface area (Å²) in [5.74, 6) is 1.49. The Morgan fingerprint density at radius 2 is 1.96 bits per heavy atom. The maximum atomic E-state index is 5.46. The monoisotopic (exact) mass is 330 g/mol. The number of ether oxygens (including phenoxy) is 1. The van der Waals surface area contributed by atoms with Gasteiger partial charge in [0.1, 0.15) is 0 Å². The quantitative estimate of drug-likeness (QED) is 0.777. The van der Waals surface area contributed by atoms with E-state index in [4.69, 9.17) is 9.26 Å². The summed E-state index contributed by atoms with van der Waals surface area (Å²) in [5.41, 5.74) is 2.61.